The number of carbonyl (C=O) groups is 1. The quantitative estimate of drug-likeness (QED) is 0.300. The average Bonchev–Trinajstić information content (AvgIpc) is 2.84. The molecule has 4 nitrogen and oxygen atoms in total. The molecule has 0 aromatic rings. The SMILES string of the molecule is O=C1C=C[C@@]2(O)C(=C1)CCC1C3C=CC(OO)[C@@]3(S)CCC12. The Morgan fingerprint density at radius 1 is 1.32 bits per heavy atom. The molecule has 0 heterocycles. The lowest BCUT2D eigenvalue weighted by atomic mass is 9.55. The summed E-state index contributed by atoms with van der Waals surface area (Å²) in [5, 5.41) is 20.3. The van der Waals surface area contributed by atoms with Crippen molar-refractivity contribution < 1.29 is 20.0 Å². The number of hydrogen-bond donors (Lipinski definition) is 3. The highest BCUT2D eigenvalue weighted by Gasteiger charge is 2.59. The second-order valence-electron chi connectivity index (χ2n) is 7.01. The van der Waals surface area contributed by atoms with Crippen molar-refractivity contribution >= 4 is 18.4 Å². The van der Waals surface area contributed by atoms with Gasteiger partial charge in [0, 0.05) is 0 Å². The summed E-state index contributed by atoms with van der Waals surface area (Å²) >= 11 is 4.84. The number of aliphatic hydroxyl groups is 1. The van der Waals surface area contributed by atoms with Crippen LogP contribution < -0.4 is 0 Å². The van der Waals surface area contributed by atoms with Crippen molar-refractivity contribution in [3.05, 3.63) is 36.0 Å². The fourth-order valence-electron chi connectivity index (χ4n) is 5.08. The Kier molecular flexibility index (Phi) is 3.21. The highest BCUT2D eigenvalue weighted by molar-refractivity contribution is 7.82. The fourth-order valence-corrected chi connectivity index (χ4v) is 5.62. The van der Waals surface area contributed by atoms with Crippen LogP contribution in [-0.4, -0.2) is 32.6 Å². The number of ketones is 1. The van der Waals surface area contributed by atoms with Gasteiger partial charge in [0.1, 0.15) is 11.7 Å². The summed E-state index contributed by atoms with van der Waals surface area (Å²) in [6, 6.07) is 0. The number of carbonyl (C=O) groups excluding carboxylic acids is 1. The zero-order valence-corrected chi connectivity index (χ0v) is 13.1. The molecule has 4 unspecified atom stereocenters. The second kappa shape index (κ2) is 4.81. The number of hydrogen-bond acceptors (Lipinski definition) is 5. The Hall–Kier alpha value is -0.880. The molecule has 0 radical (unpaired) electrons. The zero-order valence-electron chi connectivity index (χ0n) is 12.2. The molecule has 5 heteroatoms. The molecule has 4 rings (SSSR count). The van der Waals surface area contributed by atoms with E-state index in [1.165, 1.54) is 6.08 Å². The third-order valence-corrected chi connectivity index (χ3v) is 6.93. The van der Waals surface area contributed by atoms with Crippen LogP contribution in [-0.2, 0) is 9.68 Å². The van der Waals surface area contributed by atoms with Crippen LogP contribution >= 0.6 is 12.6 Å². The molecule has 2 fully saturated rings. The van der Waals surface area contributed by atoms with Gasteiger partial charge in [-0.3, -0.25) is 10.1 Å². The molecule has 0 aliphatic heterocycles. The van der Waals surface area contributed by atoms with Gasteiger partial charge in [-0.15, -0.1) is 0 Å². The summed E-state index contributed by atoms with van der Waals surface area (Å²) in [7, 11) is 0. The average molecular weight is 320 g/mol. The van der Waals surface area contributed by atoms with E-state index in [1.807, 2.05) is 6.08 Å². The van der Waals surface area contributed by atoms with Crippen molar-refractivity contribution in [2.45, 2.75) is 42.1 Å². The molecule has 0 spiro atoms. The van der Waals surface area contributed by atoms with E-state index in [4.69, 9.17) is 17.9 Å². The normalized spacial score (nSPS) is 49.4. The van der Waals surface area contributed by atoms with Crippen LogP contribution in [0.3, 0.4) is 0 Å². The van der Waals surface area contributed by atoms with Gasteiger partial charge in [-0.25, -0.2) is 4.89 Å². The van der Waals surface area contributed by atoms with Gasteiger partial charge in [0.05, 0.1) is 4.75 Å². The predicted molar refractivity (Wildman–Crippen MR) is 84.5 cm³/mol. The van der Waals surface area contributed by atoms with Gasteiger partial charge in [-0.1, -0.05) is 12.2 Å². The molecule has 0 amide bonds. The maximum Gasteiger partial charge on any atom is 0.178 e. The molecule has 0 bridgehead atoms. The van der Waals surface area contributed by atoms with E-state index in [2.05, 4.69) is 11.0 Å². The summed E-state index contributed by atoms with van der Waals surface area (Å²) in [6.45, 7) is 0. The minimum absolute atomic E-state index is 0.0352. The van der Waals surface area contributed by atoms with E-state index in [1.54, 1.807) is 12.2 Å². The largest absolute Gasteiger partial charge is 0.381 e. The summed E-state index contributed by atoms with van der Waals surface area (Å²) in [5.41, 5.74) is -0.150. The Labute approximate surface area is 134 Å². The van der Waals surface area contributed by atoms with Gasteiger partial charge in [0.25, 0.3) is 0 Å². The lowest BCUT2D eigenvalue weighted by molar-refractivity contribution is -0.275. The maximum atomic E-state index is 11.6. The molecule has 2 N–H and O–H groups in total. The molecule has 22 heavy (non-hydrogen) atoms. The van der Waals surface area contributed by atoms with Crippen LogP contribution in [0.4, 0.5) is 0 Å². The van der Waals surface area contributed by atoms with Crippen molar-refractivity contribution in [1.82, 2.24) is 0 Å². The van der Waals surface area contributed by atoms with Crippen LogP contribution in [0.5, 0.6) is 0 Å². The van der Waals surface area contributed by atoms with E-state index in [9.17, 15) is 9.90 Å². The standard InChI is InChI=1S/C17H20O4S/c18-11-5-7-16(19)10(9-11)1-2-12-13(16)6-8-17(22)14(12)3-4-15(17)21-20/h3-5,7,9,12-15,19-20,22H,1-2,6,8H2/t12?,13?,14?,15?,16-,17-/m1/s1. The highest BCUT2D eigenvalue weighted by atomic mass is 32.1. The van der Waals surface area contributed by atoms with Crippen LogP contribution in [0.15, 0.2) is 36.0 Å². The molecule has 118 valence electrons. The van der Waals surface area contributed by atoms with E-state index in [0.29, 0.717) is 0 Å². The van der Waals surface area contributed by atoms with Crippen molar-refractivity contribution in [2.24, 2.45) is 17.8 Å². The molecule has 4 aliphatic carbocycles. The smallest absolute Gasteiger partial charge is 0.178 e. The van der Waals surface area contributed by atoms with E-state index in [0.717, 1.165) is 31.3 Å². The first-order valence-electron chi connectivity index (χ1n) is 7.86. The second-order valence-corrected chi connectivity index (χ2v) is 7.84. The van der Waals surface area contributed by atoms with Crippen molar-refractivity contribution in [3.8, 4) is 0 Å². The van der Waals surface area contributed by atoms with E-state index >= 15 is 0 Å². The fraction of sp³-hybridized carbons (Fsp3) is 0.588. The third kappa shape index (κ3) is 1.80. The summed E-state index contributed by atoms with van der Waals surface area (Å²) in [6.07, 6.45) is 11.6. The zero-order chi connectivity index (χ0) is 15.5. The molecule has 0 aromatic carbocycles. The predicted octanol–water partition coefficient (Wildman–Crippen LogP) is 2.32. The highest BCUT2D eigenvalue weighted by Crippen LogP contribution is 2.59. The van der Waals surface area contributed by atoms with Gasteiger partial charge in [-0.2, -0.15) is 12.6 Å². The van der Waals surface area contributed by atoms with Gasteiger partial charge < -0.3 is 5.11 Å². The van der Waals surface area contributed by atoms with Gasteiger partial charge in [0.15, 0.2) is 5.78 Å². The lowest BCUT2D eigenvalue weighted by Crippen LogP contribution is -2.56. The van der Waals surface area contributed by atoms with Gasteiger partial charge in [0.2, 0.25) is 0 Å². The first kappa shape index (κ1) is 14.7. The third-order valence-electron chi connectivity index (χ3n) is 6.16. The van der Waals surface area contributed by atoms with E-state index < -0.39 is 16.5 Å². The molecule has 2 saturated carbocycles. The number of allylic oxidation sites excluding steroid dienone is 3. The van der Waals surface area contributed by atoms with Crippen molar-refractivity contribution in [1.29, 1.82) is 0 Å². The summed E-state index contributed by atoms with van der Waals surface area (Å²) < 4.78 is -0.401. The molecular weight excluding hydrogens is 300 g/mol. The Morgan fingerprint density at radius 3 is 2.91 bits per heavy atom. The molecular formula is C17H20O4S. The lowest BCUT2D eigenvalue weighted by Gasteiger charge is -2.54. The monoisotopic (exact) mass is 320 g/mol. The molecule has 4 aliphatic rings. The van der Waals surface area contributed by atoms with Crippen LogP contribution in [0, 0.1) is 17.8 Å². The Bertz CT molecular complexity index is 610. The first-order valence-corrected chi connectivity index (χ1v) is 8.31. The number of thiol groups is 1. The molecule has 0 aromatic heterocycles. The maximum absolute atomic E-state index is 11.6. The van der Waals surface area contributed by atoms with Crippen LogP contribution in [0.2, 0.25) is 0 Å². The molecule has 0 saturated heterocycles. The van der Waals surface area contributed by atoms with Crippen LogP contribution in [0.1, 0.15) is 25.7 Å². The Morgan fingerprint density at radius 2 is 2.14 bits per heavy atom. The van der Waals surface area contributed by atoms with Gasteiger partial charge >= 0.3 is 0 Å². The van der Waals surface area contributed by atoms with Crippen molar-refractivity contribution in [2.75, 3.05) is 0 Å². The Balaban J connectivity index is 1.70. The molecule has 6 atom stereocenters. The van der Waals surface area contributed by atoms with Crippen LogP contribution in [0.25, 0.3) is 0 Å². The van der Waals surface area contributed by atoms with Gasteiger partial charge in [-0.05, 0) is 67.2 Å². The number of rotatable bonds is 1. The number of fused-ring (bicyclic) bond motifs is 5. The van der Waals surface area contributed by atoms with E-state index in [-0.39, 0.29) is 23.5 Å². The first-order chi connectivity index (χ1) is 10.5. The summed E-state index contributed by atoms with van der Waals surface area (Å²) in [5.74, 6) is 0.502. The minimum Gasteiger partial charge on any atom is -0.381 e. The minimum atomic E-state index is -1.00. The topological polar surface area (TPSA) is 66.8 Å². The van der Waals surface area contributed by atoms with Crippen molar-refractivity contribution in [3.63, 3.8) is 0 Å². The summed E-state index contributed by atoms with van der Waals surface area (Å²) in [4.78, 5) is 16.2.